The second kappa shape index (κ2) is 10.2. The lowest BCUT2D eigenvalue weighted by molar-refractivity contribution is -0.142. The number of aliphatic hydroxyl groups excluding tert-OH is 1. The van der Waals surface area contributed by atoms with E-state index in [1.54, 1.807) is 24.4 Å². The Morgan fingerprint density at radius 2 is 1.94 bits per heavy atom. The van der Waals surface area contributed by atoms with Gasteiger partial charge in [-0.2, -0.15) is 0 Å². The summed E-state index contributed by atoms with van der Waals surface area (Å²) in [6.45, 7) is 0.246. The van der Waals surface area contributed by atoms with Crippen molar-refractivity contribution in [1.29, 1.82) is 0 Å². The maximum Gasteiger partial charge on any atom is 0.257 e. The molecule has 5 rings (SSSR count). The molecule has 1 fully saturated rings. The fraction of sp³-hybridized carbons (Fsp3) is 0.296. The number of nitrogens with one attached hydrogen (secondary N) is 2. The number of ether oxygens (including phenoxy) is 2. The van der Waals surface area contributed by atoms with Crippen LogP contribution >= 0.6 is 0 Å². The van der Waals surface area contributed by atoms with Gasteiger partial charge in [0, 0.05) is 36.1 Å². The number of rotatable bonds is 7. The summed E-state index contributed by atoms with van der Waals surface area (Å²) in [5.74, 6) is 0.293. The van der Waals surface area contributed by atoms with E-state index in [9.17, 15) is 14.7 Å². The van der Waals surface area contributed by atoms with Crippen LogP contribution in [0.25, 0.3) is 0 Å². The van der Waals surface area contributed by atoms with E-state index in [0.717, 1.165) is 11.1 Å². The monoisotopic (exact) mass is 473 g/mol. The summed E-state index contributed by atoms with van der Waals surface area (Å²) >= 11 is 0. The van der Waals surface area contributed by atoms with Gasteiger partial charge in [-0.25, -0.2) is 0 Å². The van der Waals surface area contributed by atoms with Crippen molar-refractivity contribution in [2.45, 2.75) is 43.6 Å². The first-order valence-corrected chi connectivity index (χ1v) is 11.7. The SMILES string of the molecule is O=C(C[C@@H]1C[C@H]2c3cc(NC(=O)c4cccnc4)ccc3O[C@H]2[C@H](CO)O1)NCc1ccccc1. The zero-order valence-corrected chi connectivity index (χ0v) is 19.1. The van der Waals surface area contributed by atoms with Crippen LogP contribution in [0.1, 0.15) is 40.2 Å². The highest BCUT2D eigenvalue weighted by molar-refractivity contribution is 6.04. The van der Waals surface area contributed by atoms with Crippen LogP contribution in [-0.4, -0.2) is 46.8 Å². The number of aliphatic hydroxyl groups is 1. The number of amides is 2. The molecule has 2 aliphatic rings. The van der Waals surface area contributed by atoms with E-state index in [-0.39, 0.29) is 43.0 Å². The summed E-state index contributed by atoms with van der Waals surface area (Å²) in [6.07, 6.45) is 2.66. The molecule has 3 N–H and O–H groups in total. The molecule has 180 valence electrons. The number of aromatic nitrogens is 1. The molecule has 35 heavy (non-hydrogen) atoms. The Labute approximate surface area is 203 Å². The first-order chi connectivity index (χ1) is 17.1. The van der Waals surface area contributed by atoms with E-state index in [4.69, 9.17) is 9.47 Å². The molecule has 0 aliphatic carbocycles. The molecule has 3 aromatic rings. The topological polar surface area (TPSA) is 110 Å². The van der Waals surface area contributed by atoms with Crippen LogP contribution in [0.5, 0.6) is 5.75 Å². The summed E-state index contributed by atoms with van der Waals surface area (Å²) in [4.78, 5) is 29.1. The molecular weight excluding hydrogens is 446 g/mol. The second-order valence-electron chi connectivity index (χ2n) is 8.82. The number of nitrogens with zero attached hydrogens (tertiary/aromatic N) is 1. The Bertz CT molecular complexity index is 1190. The fourth-order valence-electron chi connectivity index (χ4n) is 4.74. The van der Waals surface area contributed by atoms with Crippen molar-refractivity contribution in [3.63, 3.8) is 0 Å². The van der Waals surface area contributed by atoms with Gasteiger partial charge >= 0.3 is 0 Å². The molecule has 8 heteroatoms. The number of fused-ring (bicyclic) bond motifs is 3. The van der Waals surface area contributed by atoms with Gasteiger partial charge in [-0.1, -0.05) is 30.3 Å². The highest BCUT2D eigenvalue weighted by Gasteiger charge is 2.46. The van der Waals surface area contributed by atoms with Crippen LogP contribution in [0.4, 0.5) is 5.69 Å². The van der Waals surface area contributed by atoms with E-state index in [0.29, 0.717) is 30.0 Å². The summed E-state index contributed by atoms with van der Waals surface area (Å²) in [7, 11) is 0. The van der Waals surface area contributed by atoms with Crippen molar-refractivity contribution in [1.82, 2.24) is 10.3 Å². The molecular formula is C27H27N3O5. The zero-order chi connectivity index (χ0) is 24.2. The van der Waals surface area contributed by atoms with E-state index in [1.807, 2.05) is 42.5 Å². The van der Waals surface area contributed by atoms with Crippen LogP contribution in [0.2, 0.25) is 0 Å². The van der Waals surface area contributed by atoms with Crippen LogP contribution < -0.4 is 15.4 Å². The van der Waals surface area contributed by atoms with Gasteiger partial charge < -0.3 is 25.2 Å². The third-order valence-electron chi connectivity index (χ3n) is 6.43. The molecule has 2 aromatic carbocycles. The number of carbonyl (C=O) groups excluding carboxylic acids is 2. The fourth-order valence-corrected chi connectivity index (χ4v) is 4.74. The highest BCUT2D eigenvalue weighted by Crippen LogP contribution is 2.47. The average Bonchev–Trinajstić information content (AvgIpc) is 3.26. The van der Waals surface area contributed by atoms with Crippen LogP contribution in [0, 0.1) is 0 Å². The number of hydrogen-bond donors (Lipinski definition) is 3. The lowest BCUT2D eigenvalue weighted by Crippen LogP contribution is -2.47. The molecule has 1 saturated heterocycles. The maximum atomic E-state index is 12.6. The predicted molar refractivity (Wildman–Crippen MR) is 129 cm³/mol. The lowest BCUT2D eigenvalue weighted by Gasteiger charge is -2.37. The van der Waals surface area contributed by atoms with Gasteiger partial charge in [-0.15, -0.1) is 0 Å². The summed E-state index contributed by atoms with van der Waals surface area (Å²) < 4.78 is 12.2. The molecule has 0 bridgehead atoms. The zero-order valence-electron chi connectivity index (χ0n) is 19.1. The second-order valence-corrected chi connectivity index (χ2v) is 8.82. The quantitative estimate of drug-likeness (QED) is 0.487. The standard InChI is InChI=1S/C27H27N3O5/c31-16-24-26-22(12-20(34-24)13-25(32)29-14-17-5-2-1-3-6-17)21-11-19(8-9-23(21)35-26)30-27(33)18-7-4-10-28-15-18/h1-11,15,20,22,24,26,31H,12-14,16H2,(H,29,32)(H,30,33)/t20-,22-,24-,26+/m0/s1. The summed E-state index contributed by atoms with van der Waals surface area (Å²) in [6, 6.07) is 18.6. The largest absolute Gasteiger partial charge is 0.487 e. The molecule has 1 aromatic heterocycles. The molecule has 0 unspecified atom stereocenters. The Morgan fingerprint density at radius 3 is 2.71 bits per heavy atom. The first-order valence-electron chi connectivity index (χ1n) is 11.7. The van der Waals surface area contributed by atoms with Gasteiger partial charge in [0.05, 0.1) is 24.7 Å². The Balaban J connectivity index is 1.26. The number of benzene rings is 2. The van der Waals surface area contributed by atoms with Gasteiger partial charge in [-0.3, -0.25) is 14.6 Å². The van der Waals surface area contributed by atoms with Crippen LogP contribution in [0.3, 0.4) is 0 Å². The minimum atomic E-state index is -0.540. The van der Waals surface area contributed by atoms with Gasteiger partial charge in [-0.05, 0) is 42.3 Å². The number of carbonyl (C=O) groups is 2. The van der Waals surface area contributed by atoms with Crippen LogP contribution in [-0.2, 0) is 16.1 Å². The van der Waals surface area contributed by atoms with E-state index in [2.05, 4.69) is 15.6 Å². The van der Waals surface area contributed by atoms with Crippen molar-refractivity contribution in [2.24, 2.45) is 0 Å². The van der Waals surface area contributed by atoms with Gasteiger partial charge in [0.1, 0.15) is 18.0 Å². The van der Waals surface area contributed by atoms with E-state index in [1.165, 1.54) is 6.20 Å². The maximum absolute atomic E-state index is 12.6. The number of anilines is 1. The normalized spacial score (nSPS) is 22.4. The Kier molecular flexibility index (Phi) is 6.74. The molecule has 0 saturated carbocycles. The third kappa shape index (κ3) is 5.18. The van der Waals surface area contributed by atoms with Crippen molar-refractivity contribution >= 4 is 17.5 Å². The molecule has 4 atom stereocenters. The van der Waals surface area contributed by atoms with Crippen LogP contribution in [0.15, 0.2) is 73.1 Å². The Hall–Kier alpha value is -3.75. The highest BCUT2D eigenvalue weighted by atomic mass is 16.6. The molecule has 2 amide bonds. The minimum absolute atomic E-state index is 0.0573. The van der Waals surface area contributed by atoms with Gasteiger partial charge in [0.25, 0.3) is 5.91 Å². The predicted octanol–water partition coefficient (Wildman–Crippen LogP) is 3.03. The van der Waals surface area contributed by atoms with E-state index < -0.39 is 6.10 Å². The van der Waals surface area contributed by atoms with Crippen molar-refractivity contribution in [2.75, 3.05) is 11.9 Å². The first kappa shape index (κ1) is 23.0. The smallest absolute Gasteiger partial charge is 0.257 e. The third-order valence-corrected chi connectivity index (χ3v) is 6.43. The summed E-state index contributed by atoms with van der Waals surface area (Å²) in [5.41, 5.74) is 3.08. The molecule has 8 nitrogen and oxygen atoms in total. The molecule has 3 heterocycles. The van der Waals surface area contributed by atoms with Crippen molar-refractivity contribution < 1.29 is 24.2 Å². The van der Waals surface area contributed by atoms with Crippen molar-refractivity contribution in [3.8, 4) is 5.75 Å². The van der Waals surface area contributed by atoms with Crippen molar-refractivity contribution in [3.05, 3.63) is 89.7 Å². The average molecular weight is 474 g/mol. The number of pyridine rings is 1. The minimum Gasteiger partial charge on any atom is -0.487 e. The van der Waals surface area contributed by atoms with E-state index >= 15 is 0 Å². The summed E-state index contributed by atoms with van der Waals surface area (Å²) in [5, 5.41) is 15.8. The molecule has 2 aliphatic heterocycles. The molecule has 0 radical (unpaired) electrons. The van der Waals surface area contributed by atoms with Gasteiger partial charge in [0.2, 0.25) is 5.91 Å². The number of hydrogen-bond acceptors (Lipinski definition) is 6. The molecule has 0 spiro atoms. The van der Waals surface area contributed by atoms with Gasteiger partial charge in [0.15, 0.2) is 0 Å². The Morgan fingerprint density at radius 1 is 1.09 bits per heavy atom. The lowest BCUT2D eigenvalue weighted by atomic mass is 9.84.